The quantitative estimate of drug-likeness (QED) is 0.628. The number of carbonyl (C=O) groups is 1. The summed E-state index contributed by atoms with van der Waals surface area (Å²) >= 11 is 0. The molecule has 0 saturated heterocycles. The summed E-state index contributed by atoms with van der Waals surface area (Å²) in [6.07, 6.45) is 3.28. The summed E-state index contributed by atoms with van der Waals surface area (Å²) in [4.78, 5) is 11.8. The van der Waals surface area contributed by atoms with Crippen molar-refractivity contribution in [1.82, 2.24) is 9.62 Å². The van der Waals surface area contributed by atoms with Crippen LogP contribution in [0.3, 0.4) is 0 Å². The van der Waals surface area contributed by atoms with Crippen molar-refractivity contribution in [1.29, 1.82) is 0 Å². The Balaban J connectivity index is 1.98. The zero-order valence-electron chi connectivity index (χ0n) is 13.3. The molecule has 1 aliphatic carbocycles. The van der Waals surface area contributed by atoms with Crippen molar-refractivity contribution in [3.05, 3.63) is 29.8 Å². The number of nitrogens with zero attached hydrogens (tertiary/aromatic N) is 1. The van der Waals surface area contributed by atoms with Crippen LogP contribution < -0.4 is 10.5 Å². The van der Waals surface area contributed by atoms with E-state index >= 15 is 0 Å². The number of rotatable bonds is 8. The molecule has 1 aliphatic rings. The lowest BCUT2D eigenvalue weighted by atomic mass is 10.1. The molecule has 1 aromatic carbocycles. The Kier molecular flexibility index (Phi) is 5.63. The molecule has 10 heteroatoms. The third kappa shape index (κ3) is 5.86. The highest BCUT2D eigenvalue weighted by molar-refractivity contribution is 7.89. The van der Waals surface area contributed by atoms with E-state index < -0.39 is 20.0 Å². The average Bonchev–Trinajstić information content (AvgIpc) is 3.25. The van der Waals surface area contributed by atoms with E-state index in [-0.39, 0.29) is 29.9 Å². The Morgan fingerprint density at radius 1 is 1.21 bits per heavy atom. The van der Waals surface area contributed by atoms with Crippen molar-refractivity contribution in [2.45, 2.75) is 30.2 Å². The maximum atomic E-state index is 11.8. The van der Waals surface area contributed by atoms with Crippen molar-refractivity contribution in [3.8, 4) is 0 Å². The third-order valence-electron chi connectivity index (χ3n) is 3.63. The fourth-order valence-corrected chi connectivity index (χ4v) is 3.41. The van der Waals surface area contributed by atoms with Crippen molar-refractivity contribution in [2.75, 3.05) is 19.3 Å². The minimum Gasteiger partial charge on any atom is -0.352 e. The first-order chi connectivity index (χ1) is 11.1. The van der Waals surface area contributed by atoms with Crippen LogP contribution in [-0.2, 0) is 31.3 Å². The number of primary sulfonamides is 1. The Labute approximate surface area is 142 Å². The van der Waals surface area contributed by atoms with Gasteiger partial charge in [0.1, 0.15) is 0 Å². The molecule has 0 aromatic heterocycles. The molecule has 1 amide bonds. The summed E-state index contributed by atoms with van der Waals surface area (Å²) in [7, 11) is -7.28. The van der Waals surface area contributed by atoms with E-state index in [4.69, 9.17) is 5.14 Å². The standard InChI is InChI=1S/C14H21N3O5S2/c1-23(19,20)17(10-14(18)16-12-4-5-12)9-8-11-2-6-13(7-3-11)24(15,21)22/h2-3,6-7,12H,4-5,8-10H2,1H3,(H,16,18)(H2,15,21,22). The lowest BCUT2D eigenvalue weighted by molar-refractivity contribution is -0.121. The van der Waals surface area contributed by atoms with Crippen LogP contribution >= 0.6 is 0 Å². The number of hydrogen-bond donors (Lipinski definition) is 2. The molecule has 0 unspecified atom stereocenters. The summed E-state index contributed by atoms with van der Waals surface area (Å²) in [6.45, 7) is -0.0871. The summed E-state index contributed by atoms with van der Waals surface area (Å²) in [5, 5.41) is 7.78. The van der Waals surface area contributed by atoms with Crippen molar-refractivity contribution >= 4 is 26.0 Å². The second-order valence-corrected chi connectivity index (χ2v) is 9.42. The Morgan fingerprint density at radius 3 is 2.25 bits per heavy atom. The Morgan fingerprint density at radius 2 is 1.79 bits per heavy atom. The van der Waals surface area contributed by atoms with E-state index in [9.17, 15) is 21.6 Å². The second-order valence-electron chi connectivity index (χ2n) is 5.88. The number of benzene rings is 1. The lowest BCUT2D eigenvalue weighted by Crippen LogP contribution is -2.41. The first-order valence-electron chi connectivity index (χ1n) is 7.42. The molecule has 0 heterocycles. The molecule has 2 rings (SSSR count). The molecule has 0 atom stereocenters. The third-order valence-corrected chi connectivity index (χ3v) is 5.81. The first kappa shape index (κ1) is 18.8. The van der Waals surface area contributed by atoms with Crippen molar-refractivity contribution in [3.63, 3.8) is 0 Å². The smallest absolute Gasteiger partial charge is 0.238 e. The van der Waals surface area contributed by atoms with Crippen LogP contribution in [-0.4, -0.2) is 52.4 Å². The number of amides is 1. The number of nitrogens with two attached hydrogens (primary N) is 1. The minimum atomic E-state index is -3.75. The summed E-state index contributed by atoms with van der Waals surface area (Å²) < 4.78 is 47.2. The molecule has 0 radical (unpaired) electrons. The lowest BCUT2D eigenvalue weighted by Gasteiger charge is -2.19. The van der Waals surface area contributed by atoms with Gasteiger partial charge in [-0.2, -0.15) is 4.31 Å². The van der Waals surface area contributed by atoms with E-state index in [0.717, 1.165) is 29.0 Å². The van der Waals surface area contributed by atoms with Gasteiger partial charge in [-0.3, -0.25) is 4.79 Å². The highest BCUT2D eigenvalue weighted by atomic mass is 32.2. The molecule has 1 aromatic rings. The van der Waals surface area contributed by atoms with E-state index in [1.165, 1.54) is 12.1 Å². The molecule has 1 fully saturated rings. The molecular formula is C14H21N3O5S2. The van der Waals surface area contributed by atoms with Gasteiger partial charge in [-0.1, -0.05) is 12.1 Å². The van der Waals surface area contributed by atoms with Crippen LogP contribution in [0.25, 0.3) is 0 Å². The topological polar surface area (TPSA) is 127 Å². The molecule has 1 saturated carbocycles. The number of hydrogen-bond acceptors (Lipinski definition) is 5. The average molecular weight is 375 g/mol. The molecule has 24 heavy (non-hydrogen) atoms. The van der Waals surface area contributed by atoms with Gasteiger partial charge in [-0.15, -0.1) is 0 Å². The highest BCUT2D eigenvalue weighted by Crippen LogP contribution is 2.18. The number of sulfonamides is 2. The molecule has 134 valence electrons. The van der Waals surface area contributed by atoms with Gasteiger partial charge in [0.15, 0.2) is 0 Å². The maximum Gasteiger partial charge on any atom is 0.238 e. The fourth-order valence-electron chi connectivity index (χ4n) is 2.12. The van der Waals surface area contributed by atoms with Crippen LogP contribution in [0.4, 0.5) is 0 Å². The zero-order chi connectivity index (χ0) is 18.0. The van der Waals surface area contributed by atoms with E-state index in [1.807, 2.05) is 0 Å². The normalized spacial score (nSPS) is 15.5. The van der Waals surface area contributed by atoms with Crippen molar-refractivity contribution in [2.24, 2.45) is 5.14 Å². The van der Waals surface area contributed by atoms with Crippen molar-refractivity contribution < 1.29 is 21.6 Å². The largest absolute Gasteiger partial charge is 0.352 e. The van der Waals surface area contributed by atoms with Gasteiger partial charge in [0.25, 0.3) is 0 Å². The predicted octanol–water partition coefficient (Wildman–Crippen LogP) is -0.583. The van der Waals surface area contributed by atoms with Gasteiger partial charge < -0.3 is 5.32 Å². The SMILES string of the molecule is CS(=O)(=O)N(CCc1ccc(S(N)(=O)=O)cc1)CC(=O)NC1CC1. The van der Waals surface area contributed by atoms with Crippen LogP contribution in [0, 0.1) is 0 Å². The number of carbonyl (C=O) groups excluding carboxylic acids is 1. The highest BCUT2D eigenvalue weighted by Gasteiger charge is 2.26. The van der Waals surface area contributed by atoms with Gasteiger partial charge in [-0.25, -0.2) is 22.0 Å². The molecule has 0 spiro atoms. The molecule has 0 aliphatic heterocycles. The maximum absolute atomic E-state index is 11.8. The van der Waals surface area contributed by atoms with Gasteiger partial charge in [0.05, 0.1) is 17.7 Å². The van der Waals surface area contributed by atoms with Gasteiger partial charge >= 0.3 is 0 Å². The predicted molar refractivity (Wildman–Crippen MR) is 89.1 cm³/mol. The van der Waals surface area contributed by atoms with Gasteiger partial charge in [0.2, 0.25) is 26.0 Å². The van der Waals surface area contributed by atoms with Crippen LogP contribution in [0.2, 0.25) is 0 Å². The van der Waals surface area contributed by atoms with E-state index in [1.54, 1.807) is 12.1 Å². The zero-order valence-corrected chi connectivity index (χ0v) is 14.9. The Hall–Kier alpha value is -1.49. The van der Waals surface area contributed by atoms with Gasteiger partial charge in [0, 0.05) is 12.6 Å². The molecule has 0 bridgehead atoms. The molecule has 8 nitrogen and oxygen atoms in total. The molecular weight excluding hydrogens is 354 g/mol. The van der Waals surface area contributed by atoms with Crippen LogP contribution in [0.1, 0.15) is 18.4 Å². The van der Waals surface area contributed by atoms with Gasteiger partial charge in [-0.05, 0) is 37.0 Å². The second kappa shape index (κ2) is 7.18. The Bertz CT molecular complexity index is 799. The summed E-state index contributed by atoms with van der Waals surface area (Å²) in [5.74, 6) is -0.313. The van der Waals surface area contributed by atoms with E-state index in [2.05, 4.69) is 5.32 Å². The van der Waals surface area contributed by atoms with Crippen LogP contribution in [0.15, 0.2) is 29.2 Å². The molecule has 3 N–H and O–H groups in total. The fraction of sp³-hybridized carbons (Fsp3) is 0.500. The van der Waals surface area contributed by atoms with Crippen LogP contribution in [0.5, 0.6) is 0 Å². The number of nitrogens with one attached hydrogen (secondary N) is 1. The van der Waals surface area contributed by atoms with E-state index in [0.29, 0.717) is 6.42 Å². The first-order valence-corrected chi connectivity index (χ1v) is 10.8. The minimum absolute atomic E-state index is 0.00460. The summed E-state index contributed by atoms with van der Waals surface area (Å²) in [5.41, 5.74) is 0.749. The summed E-state index contributed by atoms with van der Waals surface area (Å²) in [6, 6.07) is 6.06. The monoisotopic (exact) mass is 375 g/mol.